The van der Waals surface area contributed by atoms with Crippen LogP contribution in [-0.2, 0) is 11.3 Å². The van der Waals surface area contributed by atoms with Gasteiger partial charge >= 0.3 is 12.0 Å². The van der Waals surface area contributed by atoms with E-state index < -0.39 is 30.2 Å². The molecular formula is C22H29F2N5O4S. The van der Waals surface area contributed by atoms with Crippen LogP contribution in [0.3, 0.4) is 0 Å². The second-order valence-electron chi connectivity index (χ2n) is 8.06. The number of likely N-dealkylation sites (N-methyl/N-ethyl adjacent to an activating group) is 1. The molecule has 0 saturated carbocycles. The molecule has 9 nitrogen and oxygen atoms in total. The fraction of sp³-hybridized carbons (Fsp3) is 0.500. The number of hydrogen-bond acceptors (Lipinski definition) is 8. The minimum Gasteiger partial charge on any atom is -0.471 e. The second-order valence-corrected chi connectivity index (χ2v) is 8.83. The standard InChI is InChI=1S/C22H29F2N5O4S/c1-14-11-16(23)15(17(24)12-14)13-33-19-18(21(30)32-3)20(34-27-19)26-22(31)25-5-4-6-29-9-7-28(2)8-10-29/h11-12H,4-10,13H2,1-3H3,(H2,25,26,31). The van der Waals surface area contributed by atoms with Crippen molar-refractivity contribution < 1.29 is 27.8 Å². The predicted octanol–water partition coefficient (Wildman–Crippen LogP) is 2.85. The van der Waals surface area contributed by atoms with E-state index in [1.54, 1.807) is 6.92 Å². The van der Waals surface area contributed by atoms with Gasteiger partial charge < -0.3 is 24.6 Å². The van der Waals surface area contributed by atoms with Crippen LogP contribution in [0.5, 0.6) is 5.88 Å². The van der Waals surface area contributed by atoms with Crippen LogP contribution in [0.2, 0.25) is 0 Å². The van der Waals surface area contributed by atoms with Gasteiger partial charge in [0, 0.05) is 32.7 Å². The van der Waals surface area contributed by atoms with Gasteiger partial charge in [-0.1, -0.05) is 0 Å². The summed E-state index contributed by atoms with van der Waals surface area (Å²) in [6.45, 7) is 6.50. The summed E-state index contributed by atoms with van der Waals surface area (Å²) >= 11 is 0.808. The van der Waals surface area contributed by atoms with E-state index in [-0.39, 0.29) is 22.0 Å². The molecule has 2 N–H and O–H groups in total. The summed E-state index contributed by atoms with van der Waals surface area (Å²) in [4.78, 5) is 29.2. The van der Waals surface area contributed by atoms with Crippen molar-refractivity contribution in [3.63, 3.8) is 0 Å². The number of esters is 1. The van der Waals surface area contributed by atoms with Crippen molar-refractivity contribution in [2.24, 2.45) is 0 Å². The Morgan fingerprint density at radius 3 is 2.50 bits per heavy atom. The molecule has 3 rings (SSSR count). The van der Waals surface area contributed by atoms with Crippen molar-refractivity contribution in [3.05, 3.63) is 40.5 Å². The summed E-state index contributed by atoms with van der Waals surface area (Å²) in [5.41, 5.74) is 0.0266. The maximum atomic E-state index is 14.1. The number of hydrogen-bond donors (Lipinski definition) is 2. The zero-order valence-corrected chi connectivity index (χ0v) is 20.3. The van der Waals surface area contributed by atoms with Crippen LogP contribution in [-0.4, -0.2) is 79.6 Å². The minimum absolute atomic E-state index is 0.114. The highest BCUT2D eigenvalue weighted by Crippen LogP contribution is 2.32. The van der Waals surface area contributed by atoms with Gasteiger partial charge in [0.05, 0.1) is 12.7 Å². The number of halogens is 2. The molecule has 1 aromatic carbocycles. The number of carbonyl (C=O) groups excluding carboxylic acids is 2. The Morgan fingerprint density at radius 2 is 1.85 bits per heavy atom. The van der Waals surface area contributed by atoms with E-state index in [9.17, 15) is 18.4 Å². The number of aromatic nitrogens is 1. The van der Waals surface area contributed by atoms with Crippen molar-refractivity contribution in [1.82, 2.24) is 19.5 Å². The first-order valence-corrected chi connectivity index (χ1v) is 11.7. The van der Waals surface area contributed by atoms with Gasteiger partial charge in [0.1, 0.15) is 23.2 Å². The van der Waals surface area contributed by atoms with E-state index in [0.717, 1.165) is 50.7 Å². The zero-order valence-electron chi connectivity index (χ0n) is 19.5. The molecular weight excluding hydrogens is 468 g/mol. The summed E-state index contributed by atoms with van der Waals surface area (Å²) in [7, 11) is 3.27. The topological polar surface area (TPSA) is 96.0 Å². The average Bonchev–Trinajstić information content (AvgIpc) is 3.18. The van der Waals surface area contributed by atoms with Crippen molar-refractivity contribution in [2.75, 3.05) is 58.7 Å². The molecule has 12 heteroatoms. The van der Waals surface area contributed by atoms with Crippen molar-refractivity contribution >= 4 is 28.5 Å². The highest BCUT2D eigenvalue weighted by Gasteiger charge is 2.25. The fourth-order valence-electron chi connectivity index (χ4n) is 3.47. The first kappa shape index (κ1) is 25.8. The summed E-state index contributed by atoms with van der Waals surface area (Å²) in [5, 5.41) is 5.44. The van der Waals surface area contributed by atoms with Crippen LogP contribution in [0.4, 0.5) is 18.6 Å². The van der Waals surface area contributed by atoms with Gasteiger partial charge in [-0.25, -0.2) is 18.4 Å². The van der Waals surface area contributed by atoms with Crippen LogP contribution in [0.1, 0.15) is 27.9 Å². The maximum absolute atomic E-state index is 14.1. The maximum Gasteiger partial charge on any atom is 0.346 e. The van der Waals surface area contributed by atoms with Gasteiger partial charge in [-0.3, -0.25) is 5.32 Å². The van der Waals surface area contributed by atoms with Gasteiger partial charge in [0.15, 0.2) is 5.56 Å². The van der Waals surface area contributed by atoms with Crippen LogP contribution < -0.4 is 15.4 Å². The van der Waals surface area contributed by atoms with Gasteiger partial charge in [-0.05, 0) is 56.2 Å². The summed E-state index contributed by atoms with van der Waals surface area (Å²) in [6, 6.07) is 1.87. The molecule has 0 bridgehead atoms. The quantitative estimate of drug-likeness (QED) is 0.406. The third-order valence-electron chi connectivity index (χ3n) is 5.45. The monoisotopic (exact) mass is 497 g/mol. The summed E-state index contributed by atoms with van der Waals surface area (Å²) < 4.78 is 42.4. The fourth-order valence-corrected chi connectivity index (χ4v) is 4.19. The van der Waals surface area contributed by atoms with Crippen molar-refractivity contribution in [2.45, 2.75) is 20.0 Å². The molecule has 1 fully saturated rings. The van der Waals surface area contributed by atoms with Gasteiger partial charge in [0.25, 0.3) is 0 Å². The number of urea groups is 1. The number of anilines is 1. The smallest absolute Gasteiger partial charge is 0.346 e. The van der Waals surface area contributed by atoms with Crippen LogP contribution in [0.25, 0.3) is 0 Å². The lowest BCUT2D eigenvalue weighted by atomic mass is 10.1. The van der Waals surface area contributed by atoms with Gasteiger partial charge in [0.2, 0.25) is 5.88 Å². The number of methoxy groups -OCH3 is 1. The molecule has 0 spiro atoms. The summed E-state index contributed by atoms with van der Waals surface area (Å²) in [6.07, 6.45) is 0.783. The number of nitrogens with one attached hydrogen (secondary N) is 2. The number of amides is 2. The highest BCUT2D eigenvalue weighted by molar-refractivity contribution is 7.11. The molecule has 0 atom stereocenters. The lowest BCUT2D eigenvalue weighted by Crippen LogP contribution is -2.45. The third kappa shape index (κ3) is 6.84. The second kappa shape index (κ2) is 12.0. The molecule has 2 aromatic rings. The Kier molecular flexibility index (Phi) is 9.13. The number of aryl methyl sites for hydroxylation is 1. The summed E-state index contributed by atoms with van der Waals surface area (Å²) in [5.74, 6) is -2.50. The lowest BCUT2D eigenvalue weighted by Gasteiger charge is -2.32. The van der Waals surface area contributed by atoms with Gasteiger partial charge in [-0.2, -0.15) is 4.37 Å². The molecule has 0 radical (unpaired) electrons. The van der Waals surface area contributed by atoms with E-state index in [2.05, 4.69) is 31.9 Å². The molecule has 0 aliphatic carbocycles. The first-order chi connectivity index (χ1) is 16.3. The molecule has 0 unspecified atom stereocenters. The molecule has 34 heavy (non-hydrogen) atoms. The van der Waals surface area contributed by atoms with E-state index >= 15 is 0 Å². The Morgan fingerprint density at radius 1 is 1.18 bits per heavy atom. The number of benzene rings is 1. The molecule has 1 aliphatic heterocycles. The zero-order chi connectivity index (χ0) is 24.7. The molecule has 2 heterocycles. The van der Waals surface area contributed by atoms with Crippen molar-refractivity contribution in [1.29, 1.82) is 0 Å². The lowest BCUT2D eigenvalue weighted by molar-refractivity contribution is 0.0596. The van der Waals surface area contributed by atoms with E-state index in [4.69, 9.17) is 9.47 Å². The molecule has 1 saturated heterocycles. The Labute approximate surface area is 201 Å². The van der Waals surface area contributed by atoms with E-state index in [0.29, 0.717) is 12.1 Å². The van der Waals surface area contributed by atoms with Crippen LogP contribution >= 0.6 is 11.5 Å². The normalized spacial score (nSPS) is 14.6. The van der Waals surface area contributed by atoms with Crippen LogP contribution in [0.15, 0.2) is 12.1 Å². The number of ether oxygens (including phenoxy) is 2. The molecule has 1 aromatic heterocycles. The third-order valence-corrected chi connectivity index (χ3v) is 6.19. The Balaban J connectivity index is 1.56. The van der Waals surface area contributed by atoms with E-state index in [1.165, 1.54) is 19.2 Å². The number of carbonyl (C=O) groups is 2. The SMILES string of the molecule is COC(=O)c1c(OCc2c(F)cc(C)cc2F)nsc1NC(=O)NCCCN1CCN(C)CC1. The molecule has 1 aliphatic rings. The number of rotatable bonds is 9. The highest BCUT2D eigenvalue weighted by atomic mass is 32.1. The molecule has 2 amide bonds. The van der Waals surface area contributed by atoms with Crippen LogP contribution in [0, 0.1) is 18.6 Å². The number of piperazine rings is 1. The average molecular weight is 498 g/mol. The predicted molar refractivity (Wildman–Crippen MR) is 124 cm³/mol. The van der Waals surface area contributed by atoms with E-state index in [1.807, 2.05) is 0 Å². The Hall–Kier alpha value is -2.83. The van der Waals surface area contributed by atoms with Gasteiger partial charge in [-0.15, -0.1) is 0 Å². The first-order valence-electron chi connectivity index (χ1n) is 10.9. The Bertz CT molecular complexity index is 988. The number of nitrogens with zero attached hydrogens (tertiary/aromatic N) is 3. The molecule has 186 valence electrons. The van der Waals surface area contributed by atoms with Crippen molar-refractivity contribution in [3.8, 4) is 5.88 Å². The largest absolute Gasteiger partial charge is 0.471 e. The minimum atomic E-state index is -0.793.